The minimum Gasteiger partial charge on any atom is -0.218 e. The highest BCUT2D eigenvalue weighted by Gasteiger charge is 2.32. The van der Waals surface area contributed by atoms with Gasteiger partial charge in [-0.25, -0.2) is 13.1 Å². The molecule has 13 heavy (non-hydrogen) atoms. The van der Waals surface area contributed by atoms with E-state index in [2.05, 4.69) is 4.72 Å². The van der Waals surface area contributed by atoms with Crippen LogP contribution in [0.1, 0.15) is 39.0 Å². The second-order valence-corrected chi connectivity index (χ2v) is 5.84. The summed E-state index contributed by atoms with van der Waals surface area (Å²) in [5.41, 5.74) is 0. The van der Waals surface area contributed by atoms with Crippen LogP contribution in [0.25, 0.3) is 0 Å². The molecule has 4 heteroatoms. The minimum atomic E-state index is -3.04. The highest BCUT2D eigenvalue weighted by atomic mass is 32.2. The van der Waals surface area contributed by atoms with Crippen molar-refractivity contribution in [2.75, 3.05) is 7.05 Å². The van der Waals surface area contributed by atoms with Crippen LogP contribution < -0.4 is 4.72 Å². The van der Waals surface area contributed by atoms with Crippen LogP contribution in [0.15, 0.2) is 0 Å². The highest BCUT2D eigenvalue weighted by molar-refractivity contribution is 7.90. The summed E-state index contributed by atoms with van der Waals surface area (Å²) in [5, 5.41) is -0.167. The summed E-state index contributed by atoms with van der Waals surface area (Å²) >= 11 is 0. The first-order valence-electron chi connectivity index (χ1n) is 5.04. The molecule has 0 amide bonds. The highest BCUT2D eigenvalue weighted by Crippen LogP contribution is 2.32. The Morgan fingerprint density at radius 2 is 1.92 bits per heavy atom. The van der Waals surface area contributed by atoms with E-state index in [0.29, 0.717) is 5.92 Å². The Labute approximate surface area is 81.0 Å². The summed E-state index contributed by atoms with van der Waals surface area (Å²) in [6, 6.07) is 0. The summed E-state index contributed by atoms with van der Waals surface area (Å²) < 4.78 is 25.7. The molecule has 0 spiro atoms. The van der Waals surface area contributed by atoms with Gasteiger partial charge in [-0.2, -0.15) is 0 Å². The number of sulfonamides is 1. The maximum absolute atomic E-state index is 11.6. The van der Waals surface area contributed by atoms with E-state index >= 15 is 0 Å². The van der Waals surface area contributed by atoms with Gasteiger partial charge in [0.2, 0.25) is 10.0 Å². The average Bonchev–Trinajstić information content (AvgIpc) is 2.58. The fourth-order valence-corrected chi connectivity index (χ4v) is 3.81. The molecule has 1 aliphatic carbocycles. The zero-order chi connectivity index (χ0) is 9.90. The molecule has 1 saturated carbocycles. The van der Waals surface area contributed by atoms with Gasteiger partial charge in [-0.3, -0.25) is 0 Å². The van der Waals surface area contributed by atoms with Crippen molar-refractivity contribution < 1.29 is 8.42 Å². The smallest absolute Gasteiger partial charge is 0.214 e. The van der Waals surface area contributed by atoms with Crippen molar-refractivity contribution >= 4 is 10.0 Å². The Hall–Kier alpha value is -0.0900. The number of rotatable bonds is 4. The summed E-state index contributed by atoms with van der Waals surface area (Å²) in [6.45, 7) is 1.96. The van der Waals surface area contributed by atoms with Crippen LogP contribution >= 0.6 is 0 Å². The van der Waals surface area contributed by atoms with Crippen molar-refractivity contribution in [3.05, 3.63) is 0 Å². The predicted molar refractivity (Wildman–Crippen MR) is 54.0 cm³/mol. The standard InChI is InChI=1S/C9H19NO2S/c1-3-9(13(11,12)10-2)8-6-4-5-7-8/h8-10H,3-7H2,1-2H3. The molecule has 0 bridgehead atoms. The van der Waals surface area contributed by atoms with Crippen molar-refractivity contribution in [3.63, 3.8) is 0 Å². The zero-order valence-corrected chi connectivity index (χ0v) is 9.23. The van der Waals surface area contributed by atoms with Gasteiger partial charge in [0.25, 0.3) is 0 Å². The lowest BCUT2D eigenvalue weighted by Crippen LogP contribution is -2.35. The van der Waals surface area contributed by atoms with Crippen LogP contribution in [0.5, 0.6) is 0 Å². The van der Waals surface area contributed by atoms with Gasteiger partial charge in [0.15, 0.2) is 0 Å². The molecule has 1 atom stereocenters. The van der Waals surface area contributed by atoms with Crippen molar-refractivity contribution in [2.24, 2.45) is 5.92 Å². The third kappa shape index (κ3) is 2.44. The number of nitrogens with one attached hydrogen (secondary N) is 1. The van der Waals surface area contributed by atoms with Crippen molar-refractivity contribution in [3.8, 4) is 0 Å². The van der Waals surface area contributed by atoms with Crippen LogP contribution in [-0.4, -0.2) is 20.7 Å². The molecule has 3 nitrogen and oxygen atoms in total. The van der Waals surface area contributed by atoms with Gasteiger partial charge in [0.1, 0.15) is 0 Å². The fourth-order valence-electron chi connectivity index (χ4n) is 2.29. The average molecular weight is 205 g/mol. The monoisotopic (exact) mass is 205 g/mol. The summed E-state index contributed by atoms with van der Waals surface area (Å²) in [4.78, 5) is 0. The van der Waals surface area contributed by atoms with Gasteiger partial charge in [0.05, 0.1) is 5.25 Å². The molecule has 1 unspecified atom stereocenters. The molecule has 0 radical (unpaired) electrons. The van der Waals surface area contributed by atoms with Gasteiger partial charge in [-0.1, -0.05) is 19.8 Å². The van der Waals surface area contributed by atoms with E-state index in [-0.39, 0.29) is 5.25 Å². The van der Waals surface area contributed by atoms with Crippen molar-refractivity contribution in [1.82, 2.24) is 4.72 Å². The first-order chi connectivity index (χ1) is 6.11. The summed E-state index contributed by atoms with van der Waals surface area (Å²) in [7, 11) is -1.54. The molecule has 0 aromatic carbocycles. The number of hydrogen-bond donors (Lipinski definition) is 1. The first kappa shape index (κ1) is 11.0. The van der Waals surface area contributed by atoms with E-state index < -0.39 is 10.0 Å². The Bertz CT molecular complexity index is 242. The quantitative estimate of drug-likeness (QED) is 0.756. The maximum Gasteiger partial charge on any atom is 0.214 e. The summed E-state index contributed by atoms with van der Waals surface area (Å²) in [5.74, 6) is 0.391. The van der Waals surface area contributed by atoms with Gasteiger partial charge >= 0.3 is 0 Å². The van der Waals surface area contributed by atoms with Crippen LogP contribution in [0.2, 0.25) is 0 Å². The normalized spacial score (nSPS) is 22.0. The molecule has 0 aliphatic heterocycles. The maximum atomic E-state index is 11.6. The van der Waals surface area contributed by atoms with Gasteiger partial charge in [-0.15, -0.1) is 0 Å². The molecule has 0 heterocycles. The Morgan fingerprint density at radius 3 is 2.31 bits per heavy atom. The van der Waals surface area contributed by atoms with Crippen LogP contribution in [-0.2, 0) is 10.0 Å². The van der Waals surface area contributed by atoms with Crippen LogP contribution in [0.4, 0.5) is 0 Å². The molecule has 0 saturated heterocycles. The SMILES string of the molecule is CCC(C1CCCC1)S(=O)(=O)NC. The fraction of sp³-hybridized carbons (Fsp3) is 1.00. The molecular weight excluding hydrogens is 186 g/mol. The van der Waals surface area contributed by atoms with Crippen molar-refractivity contribution in [1.29, 1.82) is 0 Å². The lowest BCUT2D eigenvalue weighted by atomic mass is 10.0. The second-order valence-electron chi connectivity index (χ2n) is 3.74. The first-order valence-corrected chi connectivity index (χ1v) is 6.58. The van der Waals surface area contributed by atoms with E-state index in [1.807, 2.05) is 6.92 Å². The Kier molecular flexibility index (Phi) is 3.74. The Balaban J connectivity index is 2.71. The Morgan fingerprint density at radius 1 is 1.38 bits per heavy atom. The third-order valence-corrected chi connectivity index (χ3v) is 5.10. The molecule has 1 rings (SSSR count). The lowest BCUT2D eigenvalue weighted by molar-refractivity contribution is 0.470. The third-order valence-electron chi connectivity index (χ3n) is 3.01. The molecule has 0 aromatic rings. The molecule has 1 aliphatic rings. The van der Waals surface area contributed by atoms with Crippen LogP contribution in [0, 0.1) is 5.92 Å². The van der Waals surface area contributed by atoms with E-state index in [1.165, 1.54) is 19.9 Å². The van der Waals surface area contributed by atoms with Crippen LogP contribution in [0.3, 0.4) is 0 Å². The second kappa shape index (κ2) is 4.42. The van der Waals surface area contributed by atoms with Gasteiger partial charge in [-0.05, 0) is 32.2 Å². The van der Waals surface area contributed by atoms with E-state index in [9.17, 15) is 8.42 Å². The van der Waals surface area contributed by atoms with E-state index in [1.54, 1.807) is 0 Å². The largest absolute Gasteiger partial charge is 0.218 e. The number of hydrogen-bond acceptors (Lipinski definition) is 2. The zero-order valence-electron chi connectivity index (χ0n) is 8.41. The summed E-state index contributed by atoms with van der Waals surface area (Å²) in [6.07, 6.45) is 5.29. The minimum absolute atomic E-state index is 0.167. The van der Waals surface area contributed by atoms with Crippen molar-refractivity contribution in [2.45, 2.75) is 44.3 Å². The lowest BCUT2D eigenvalue weighted by Gasteiger charge is -2.21. The molecule has 1 N–H and O–H groups in total. The molecular formula is C9H19NO2S. The predicted octanol–water partition coefficient (Wildman–Crippen LogP) is 1.50. The molecule has 0 aromatic heterocycles. The van der Waals surface area contributed by atoms with E-state index in [4.69, 9.17) is 0 Å². The molecule has 78 valence electrons. The van der Waals surface area contributed by atoms with E-state index in [0.717, 1.165) is 19.3 Å². The van der Waals surface area contributed by atoms with Gasteiger partial charge in [0, 0.05) is 0 Å². The molecule has 1 fully saturated rings. The van der Waals surface area contributed by atoms with Gasteiger partial charge < -0.3 is 0 Å². The topological polar surface area (TPSA) is 46.2 Å².